The van der Waals surface area contributed by atoms with Gasteiger partial charge in [0, 0.05) is 18.4 Å². The molecule has 6 nitrogen and oxygen atoms in total. The Morgan fingerprint density at radius 3 is 2.24 bits per heavy atom. The van der Waals surface area contributed by atoms with E-state index in [2.05, 4.69) is 58.4 Å². The molecule has 0 aliphatic carbocycles. The van der Waals surface area contributed by atoms with Crippen LogP contribution in [0.5, 0.6) is 0 Å². The molecule has 3 heterocycles. The van der Waals surface area contributed by atoms with Gasteiger partial charge in [0.25, 0.3) is 0 Å². The highest BCUT2D eigenvalue weighted by Crippen LogP contribution is 2.50. The summed E-state index contributed by atoms with van der Waals surface area (Å²) >= 11 is 0. The van der Waals surface area contributed by atoms with Gasteiger partial charge in [0.1, 0.15) is 5.60 Å². The van der Waals surface area contributed by atoms with E-state index in [1.165, 1.54) is 0 Å². The lowest BCUT2D eigenvalue weighted by Crippen LogP contribution is -2.47. The number of amides is 1. The van der Waals surface area contributed by atoms with E-state index in [0.717, 1.165) is 65.3 Å². The summed E-state index contributed by atoms with van der Waals surface area (Å²) in [5.74, 6) is -0.0985. The number of carbonyl (C=O) groups excluding carboxylic acids is 2. The van der Waals surface area contributed by atoms with Crippen LogP contribution in [0.3, 0.4) is 0 Å². The first-order chi connectivity index (χ1) is 20.2. The van der Waals surface area contributed by atoms with E-state index in [-0.39, 0.29) is 18.3 Å². The number of anilines is 2. The number of para-hydroxylation sites is 1. The Morgan fingerprint density at radius 1 is 0.857 bits per heavy atom. The standard InChI is InChI=1S/C36H37N3O3/c1-35(2,3)42-33(40)24-28-12-9-21-37-31(28)25-38-22-19-36(20-23-38)30-13-7-8-14-32(30)39(34(36)41)29-17-15-27(16-18-29)26-10-5-4-6-11-26/h4-18,21H,19-20,22-25H2,1-3H3. The van der Waals surface area contributed by atoms with Crippen molar-refractivity contribution in [2.45, 2.75) is 57.6 Å². The Balaban J connectivity index is 1.19. The number of hydrogen-bond donors (Lipinski definition) is 0. The molecule has 0 unspecified atom stereocenters. The molecule has 3 aromatic carbocycles. The Bertz CT molecular complexity index is 1580. The lowest BCUT2D eigenvalue weighted by Gasteiger charge is -2.38. The second kappa shape index (κ2) is 11.2. The summed E-state index contributed by atoms with van der Waals surface area (Å²) in [5.41, 5.74) is 5.98. The molecule has 42 heavy (non-hydrogen) atoms. The van der Waals surface area contributed by atoms with Crippen LogP contribution in [0, 0.1) is 0 Å². The molecule has 1 amide bonds. The number of likely N-dealkylation sites (tertiary alicyclic amines) is 1. The lowest BCUT2D eigenvalue weighted by atomic mass is 9.73. The molecule has 0 saturated carbocycles. The molecule has 0 bridgehead atoms. The molecule has 214 valence electrons. The minimum Gasteiger partial charge on any atom is -0.460 e. The molecule has 0 atom stereocenters. The van der Waals surface area contributed by atoms with E-state index in [1.54, 1.807) is 6.20 Å². The van der Waals surface area contributed by atoms with Crippen LogP contribution >= 0.6 is 0 Å². The van der Waals surface area contributed by atoms with E-state index < -0.39 is 11.0 Å². The summed E-state index contributed by atoms with van der Waals surface area (Å²) in [6, 6.07) is 30.6. The minimum atomic E-state index is -0.547. The fourth-order valence-electron chi connectivity index (χ4n) is 6.30. The highest BCUT2D eigenvalue weighted by atomic mass is 16.6. The monoisotopic (exact) mass is 559 g/mol. The first-order valence-corrected chi connectivity index (χ1v) is 14.7. The SMILES string of the molecule is CC(C)(C)OC(=O)Cc1cccnc1CN1CCC2(CC1)C(=O)N(c1ccc(-c3ccccc3)cc1)c1ccccc12. The van der Waals surface area contributed by atoms with Gasteiger partial charge in [0.15, 0.2) is 0 Å². The first kappa shape index (κ1) is 27.9. The predicted molar refractivity (Wildman–Crippen MR) is 165 cm³/mol. The molecule has 4 aromatic rings. The highest BCUT2D eigenvalue weighted by molar-refractivity contribution is 6.13. The number of carbonyl (C=O) groups is 2. The zero-order valence-corrected chi connectivity index (χ0v) is 24.5. The van der Waals surface area contributed by atoms with Gasteiger partial charge in [-0.1, -0.05) is 66.7 Å². The third-order valence-electron chi connectivity index (χ3n) is 8.33. The summed E-state index contributed by atoms with van der Waals surface area (Å²) in [7, 11) is 0. The first-order valence-electron chi connectivity index (χ1n) is 14.7. The maximum atomic E-state index is 14.3. The quantitative estimate of drug-likeness (QED) is 0.242. The van der Waals surface area contributed by atoms with E-state index in [4.69, 9.17) is 4.74 Å². The molecule has 1 saturated heterocycles. The normalized spacial score (nSPS) is 16.5. The molecule has 1 spiro atoms. The summed E-state index contributed by atoms with van der Waals surface area (Å²) in [4.78, 5) is 35.7. The molecule has 0 N–H and O–H groups in total. The second-order valence-electron chi connectivity index (χ2n) is 12.3. The van der Waals surface area contributed by atoms with Crippen molar-refractivity contribution >= 4 is 23.3 Å². The number of benzene rings is 3. The Morgan fingerprint density at radius 2 is 1.52 bits per heavy atom. The van der Waals surface area contributed by atoms with Gasteiger partial charge in [-0.25, -0.2) is 0 Å². The van der Waals surface area contributed by atoms with Crippen LogP contribution < -0.4 is 4.90 Å². The summed E-state index contributed by atoms with van der Waals surface area (Å²) in [6.07, 6.45) is 3.44. The van der Waals surface area contributed by atoms with Gasteiger partial charge in [0.2, 0.25) is 5.91 Å². The van der Waals surface area contributed by atoms with Gasteiger partial charge in [0.05, 0.1) is 23.2 Å². The van der Waals surface area contributed by atoms with Gasteiger partial charge >= 0.3 is 5.97 Å². The van der Waals surface area contributed by atoms with Crippen LogP contribution in [-0.2, 0) is 32.7 Å². The van der Waals surface area contributed by atoms with E-state index >= 15 is 0 Å². The van der Waals surface area contributed by atoms with Crippen LogP contribution in [0.1, 0.15) is 50.4 Å². The van der Waals surface area contributed by atoms with Crippen molar-refractivity contribution in [3.63, 3.8) is 0 Å². The maximum Gasteiger partial charge on any atom is 0.310 e. The van der Waals surface area contributed by atoms with E-state index in [1.807, 2.05) is 68.1 Å². The van der Waals surface area contributed by atoms with Crippen LogP contribution in [0.15, 0.2) is 97.2 Å². The number of nitrogens with zero attached hydrogens (tertiary/aromatic N) is 3. The number of rotatable bonds is 6. The topological polar surface area (TPSA) is 62.7 Å². The summed E-state index contributed by atoms with van der Waals surface area (Å²) < 4.78 is 5.55. The Labute approximate surface area is 248 Å². The Kier molecular flexibility index (Phi) is 7.42. The van der Waals surface area contributed by atoms with Crippen molar-refractivity contribution in [1.29, 1.82) is 0 Å². The third-order valence-corrected chi connectivity index (χ3v) is 8.33. The van der Waals surface area contributed by atoms with Gasteiger partial charge in [-0.05, 0) is 93.2 Å². The van der Waals surface area contributed by atoms with Crippen LogP contribution in [-0.4, -0.2) is 40.5 Å². The second-order valence-corrected chi connectivity index (χ2v) is 12.3. The zero-order chi connectivity index (χ0) is 29.3. The summed E-state index contributed by atoms with van der Waals surface area (Å²) in [6.45, 7) is 7.80. The average molecular weight is 560 g/mol. The van der Waals surface area contributed by atoms with Gasteiger partial charge in [-0.15, -0.1) is 0 Å². The molecular formula is C36H37N3O3. The van der Waals surface area contributed by atoms with Crippen molar-refractivity contribution < 1.29 is 14.3 Å². The number of ether oxygens (including phenoxy) is 1. The van der Waals surface area contributed by atoms with Crippen molar-refractivity contribution in [3.8, 4) is 11.1 Å². The fraction of sp³-hybridized carbons (Fsp3) is 0.306. The van der Waals surface area contributed by atoms with E-state index in [0.29, 0.717) is 6.54 Å². The van der Waals surface area contributed by atoms with Gasteiger partial charge in [-0.2, -0.15) is 0 Å². The third kappa shape index (κ3) is 5.47. The summed E-state index contributed by atoms with van der Waals surface area (Å²) in [5, 5.41) is 0. The van der Waals surface area contributed by atoms with Crippen LogP contribution in [0.4, 0.5) is 11.4 Å². The molecule has 6 heteroatoms. The van der Waals surface area contributed by atoms with E-state index in [9.17, 15) is 9.59 Å². The number of fused-ring (bicyclic) bond motifs is 2. The number of hydrogen-bond acceptors (Lipinski definition) is 5. The smallest absolute Gasteiger partial charge is 0.310 e. The number of aromatic nitrogens is 1. The largest absolute Gasteiger partial charge is 0.460 e. The predicted octanol–water partition coefficient (Wildman–Crippen LogP) is 6.84. The molecular weight excluding hydrogens is 522 g/mol. The van der Waals surface area contributed by atoms with Crippen molar-refractivity contribution in [2.75, 3.05) is 18.0 Å². The molecule has 1 aromatic heterocycles. The van der Waals surface area contributed by atoms with Crippen LogP contribution in [0.25, 0.3) is 11.1 Å². The van der Waals surface area contributed by atoms with Crippen molar-refractivity contribution in [2.24, 2.45) is 0 Å². The number of esters is 1. The Hall–Kier alpha value is -4.29. The number of pyridine rings is 1. The van der Waals surface area contributed by atoms with Gasteiger partial charge in [-0.3, -0.25) is 24.4 Å². The molecule has 6 rings (SSSR count). The highest BCUT2D eigenvalue weighted by Gasteiger charge is 2.52. The minimum absolute atomic E-state index is 0.152. The molecule has 2 aliphatic heterocycles. The van der Waals surface area contributed by atoms with Crippen LogP contribution in [0.2, 0.25) is 0 Å². The lowest BCUT2D eigenvalue weighted by molar-refractivity contribution is -0.154. The molecule has 0 radical (unpaired) electrons. The molecule has 2 aliphatic rings. The maximum absolute atomic E-state index is 14.3. The average Bonchev–Trinajstić information content (AvgIpc) is 3.22. The van der Waals surface area contributed by atoms with Gasteiger partial charge < -0.3 is 4.74 Å². The zero-order valence-electron chi connectivity index (χ0n) is 24.5. The molecule has 1 fully saturated rings. The number of piperidine rings is 1. The fourth-order valence-corrected chi connectivity index (χ4v) is 6.30. The van der Waals surface area contributed by atoms with Crippen molar-refractivity contribution in [3.05, 3.63) is 114 Å². The van der Waals surface area contributed by atoms with Crippen molar-refractivity contribution in [1.82, 2.24) is 9.88 Å².